The number of carbonyl (C=O) groups excluding carboxylic acids is 3. The van der Waals surface area contributed by atoms with Gasteiger partial charge in [-0.3, -0.25) is 9.59 Å². The fourth-order valence-electron chi connectivity index (χ4n) is 3.63. The van der Waals surface area contributed by atoms with Gasteiger partial charge in [0.25, 0.3) is 5.91 Å². The molecule has 2 atom stereocenters. The Morgan fingerprint density at radius 2 is 1.87 bits per heavy atom. The number of thioether (sulfide) groups is 1. The highest BCUT2D eigenvalue weighted by Crippen LogP contribution is 2.36. The Balaban J connectivity index is 1.60. The Hall–Kier alpha value is -3.20. The van der Waals surface area contributed by atoms with Crippen molar-refractivity contribution in [3.8, 4) is 0 Å². The van der Waals surface area contributed by atoms with Crippen molar-refractivity contribution < 1.29 is 23.2 Å². The minimum Gasteiger partial charge on any atom is -0.324 e. The summed E-state index contributed by atoms with van der Waals surface area (Å²) in [5.74, 6) is -1.75. The third-order valence-electron chi connectivity index (χ3n) is 5.25. The van der Waals surface area contributed by atoms with Gasteiger partial charge in [-0.1, -0.05) is 6.08 Å². The number of hydrogen-bond donors (Lipinski definition) is 1. The topological polar surface area (TPSA) is 69.7 Å². The first-order valence-electron chi connectivity index (χ1n) is 9.55. The lowest BCUT2D eigenvalue weighted by atomic mass is 10.1. The van der Waals surface area contributed by atoms with Crippen LogP contribution in [-0.2, 0) is 9.59 Å². The number of anilines is 2. The standard InChI is InChI=1S/C22H19F2N3O3S/c1-12-10-15(4-5-16(12)24)27-21(29)20-18(7-8-31-20)26(22(27)30)11-19(28)25-17-6-3-14(23)9-13(17)2/h3-10,18,20H,11H2,1-2H3,(H,25,28). The number of imide groups is 1. The lowest BCUT2D eigenvalue weighted by Crippen LogP contribution is -2.63. The van der Waals surface area contributed by atoms with Crippen LogP contribution in [0.5, 0.6) is 0 Å². The Morgan fingerprint density at radius 1 is 1.10 bits per heavy atom. The zero-order valence-corrected chi connectivity index (χ0v) is 17.6. The van der Waals surface area contributed by atoms with Crippen LogP contribution >= 0.6 is 11.8 Å². The number of amides is 4. The quantitative estimate of drug-likeness (QED) is 0.776. The van der Waals surface area contributed by atoms with Crippen LogP contribution in [-0.4, -0.2) is 40.6 Å². The van der Waals surface area contributed by atoms with E-state index >= 15 is 0 Å². The average molecular weight is 443 g/mol. The molecule has 0 bridgehead atoms. The van der Waals surface area contributed by atoms with E-state index in [0.29, 0.717) is 16.8 Å². The monoisotopic (exact) mass is 443 g/mol. The Labute approximate surface area is 181 Å². The number of fused-ring (bicyclic) bond motifs is 1. The molecule has 9 heteroatoms. The zero-order chi connectivity index (χ0) is 22.3. The molecule has 0 aromatic heterocycles. The van der Waals surface area contributed by atoms with Gasteiger partial charge in [0.2, 0.25) is 5.91 Å². The first kappa shape index (κ1) is 21.0. The van der Waals surface area contributed by atoms with Crippen LogP contribution in [0.2, 0.25) is 0 Å². The second kappa shape index (κ2) is 8.14. The molecule has 4 amide bonds. The number of aryl methyl sites for hydroxylation is 2. The van der Waals surface area contributed by atoms with Crippen LogP contribution in [0.15, 0.2) is 47.9 Å². The van der Waals surface area contributed by atoms with Gasteiger partial charge in [-0.05, 0) is 66.8 Å². The smallest absolute Gasteiger partial charge is 0.324 e. The van der Waals surface area contributed by atoms with E-state index in [9.17, 15) is 23.2 Å². The van der Waals surface area contributed by atoms with Gasteiger partial charge < -0.3 is 10.2 Å². The van der Waals surface area contributed by atoms with Gasteiger partial charge in [0.1, 0.15) is 23.4 Å². The number of benzene rings is 2. The molecule has 31 heavy (non-hydrogen) atoms. The van der Waals surface area contributed by atoms with E-state index in [2.05, 4.69) is 5.32 Å². The van der Waals surface area contributed by atoms with Gasteiger partial charge in [-0.2, -0.15) is 0 Å². The second-order valence-corrected chi connectivity index (χ2v) is 8.45. The van der Waals surface area contributed by atoms with Crippen LogP contribution in [0.4, 0.5) is 25.0 Å². The molecule has 0 aliphatic carbocycles. The van der Waals surface area contributed by atoms with E-state index in [1.165, 1.54) is 53.1 Å². The molecule has 0 spiro atoms. The van der Waals surface area contributed by atoms with Crippen molar-refractivity contribution in [2.75, 3.05) is 16.8 Å². The zero-order valence-electron chi connectivity index (χ0n) is 16.8. The van der Waals surface area contributed by atoms with Gasteiger partial charge in [-0.15, -0.1) is 11.8 Å². The van der Waals surface area contributed by atoms with E-state index < -0.39 is 40.8 Å². The molecule has 1 fully saturated rings. The second-order valence-electron chi connectivity index (χ2n) is 7.40. The Morgan fingerprint density at radius 3 is 2.58 bits per heavy atom. The molecule has 0 saturated carbocycles. The molecule has 2 aliphatic rings. The minimum absolute atomic E-state index is 0.250. The highest BCUT2D eigenvalue weighted by atomic mass is 32.2. The van der Waals surface area contributed by atoms with E-state index in [0.717, 1.165) is 4.90 Å². The summed E-state index contributed by atoms with van der Waals surface area (Å²) < 4.78 is 27.0. The van der Waals surface area contributed by atoms with Crippen LogP contribution in [0.3, 0.4) is 0 Å². The van der Waals surface area contributed by atoms with Gasteiger partial charge in [0.15, 0.2) is 0 Å². The first-order valence-corrected chi connectivity index (χ1v) is 10.5. The predicted octanol–water partition coefficient (Wildman–Crippen LogP) is 3.99. The van der Waals surface area contributed by atoms with E-state index in [1.54, 1.807) is 25.3 Å². The van der Waals surface area contributed by atoms with Gasteiger partial charge in [0.05, 0.1) is 11.7 Å². The van der Waals surface area contributed by atoms with Crippen LogP contribution in [0.25, 0.3) is 0 Å². The molecule has 2 aromatic rings. The maximum atomic E-state index is 13.7. The van der Waals surface area contributed by atoms with Crippen molar-refractivity contribution in [2.45, 2.75) is 25.1 Å². The molecule has 4 rings (SSSR count). The number of rotatable bonds is 4. The van der Waals surface area contributed by atoms with E-state index in [1.807, 2.05) is 0 Å². The largest absolute Gasteiger partial charge is 0.332 e. The summed E-state index contributed by atoms with van der Waals surface area (Å²) >= 11 is 1.27. The predicted molar refractivity (Wildman–Crippen MR) is 115 cm³/mol. The summed E-state index contributed by atoms with van der Waals surface area (Å²) in [7, 11) is 0. The van der Waals surface area contributed by atoms with Crippen LogP contribution in [0, 0.1) is 25.5 Å². The molecule has 160 valence electrons. The van der Waals surface area contributed by atoms with Crippen molar-refractivity contribution in [2.24, 2.45) is 0 Å². The highest BCUT2D eigenvalue weighted by molar-refractivity contribution is 8.03. The van der Waals surface area contributed by atoms with Crippen molar-refractivity contribution in [1.82, 2.24) is 4.90 Å². The van der Waals surface area contributed by atoms with Crippen LogP contribution in [0.1, 0.15) is 11.1 Å². The fourth-order valence-corrected chi connectivity index (χ4v) is 4.67. The van der Waals surface area contributed by atoms with Gasteiger partial charge in [0, 0.05) is 5.69 Å². The molecule has 2 heterocycles. The molecule has 2 unspecified atom stereocenters. The number of carbonyl (C=O) groups is 3. The molecular formula is C22H19F2N3O3S. The third-order valence-corrected chi connectivity index (χ3v) is 6.34. The molecule has 1 saturated heterocycles. The fraction of sp³-hybridized carbons (Fsp3) is 0.227. The lowest BCUT2D eigenvalue weighted by Gasteiger charge is -2.40. The van der Waals surface area contributed by atoms with Gasteiger partial charge in [-0.25, -0.2) is 18.5 Å². The first-order chi connectivity index (χ1) is 14.8. The van der Waals surface area contributed by atoms with Crippen molar-refractivity contribution in [3.63, 3.8) is 0 Å². The molecule has 2 aromatic carbocycles. The van der Waals surface area contributed by atoms with E-state index in [-0.39, 0.29) is 12.2 Å². The lowest BCUT2D eigenvalue weighted by molar-refractivity contribution is -0.121. The summed E-state index contributed by atoms with van der Waals surface area (Å²) in [5.41, 5.74) is 1.53. The maximum Gasteiger partial charge on any atom is 0.332 e. The van der Waals surface area contributed by atoms with Crippen molar-refractivity contribution in [1.29, 1.82) is 0 Å². The number of nitrogens with zero attached hydrogens (tertiary/aromatic N) is 2. The average Bonchev–Trinajstić information content (AvgIpc) is 3.20. The Bertz CT molecular complexity index is 1120. The third kappa shape index (κ3) is 3.93. The Kier molecular flexibility index (Phi) is 5.53. The summed E-state index contributed by atoms with van der Waals surface area (Å²) in [5, 5.41) is 3.82. The maximum absolute atomic E-state index is 13.7. The molecule has 2 aliphatic heterocycles. The van der Waals surface area contributed by atoms with Gasteiger partial charge >= 0.3 is 6.03 Å². The SMILES string of the molecule is Cc1cc(N2C(=O)C3SC=CC3N(CC(=O)Nc3ccc(F)cc3C)C2=O)ccc1F. The molecular weight excluding hydrogens is 424 g/mol. The number of hydrogen-bond acceptors (Lipinski definition) is 4. The summed E-state index contributed by atoms with van der Waals surface area (Å²) in [6, 6.07) is 6.75. The van der Waals surface area contributed by atoms with Crippen molar-refractivity contribution in [3.05, 3.63) is 70.6 Å². The number of nitrogens with one attached hydrogen (secondary N) is 1. The van der Waals surface area contributed by atoms with E-state index in [4.69, 9.17) is 0 Å². The minimum atomic E-state index is -0.657. The highest BCUT2D eigenvalue weighted by Gasteiger charge is 2.48. The van der Waals surface area contributed by atoms with Crippen LogP contribution < -0.4 is 10.2 Å². The molecule has 6 nitrogen and oxygen atoms in total. The summed E-state index contributed by atoms with van der Waals surface area (Å²) in [6.07, 6.45) is 1.72. The summed E-state index contributed by atoms with van der Waals surface area (Å²) in [4.78, 5) is 41.2. The molecule has 0 radical (unpaired) electrons. The molecule has 1 N–H and O–H groups in total. The number of urea groups is 1. The summed E-state index contributed by atoms with van der Waals surface area (Å²) in [6.45, 7) is 2.91. The number of halogens is 2. The van der Waals surface area contributed by atoms with Crippen molar-refractivity contribution >= 4 is 41.0 Å². The normalized spacial score (nSPS) is 20.3.